The number of Topliss-reactive ketones (excluding diaryl/α,β-unsaturated/α-hetero) is 1. The molecule has 5 nitrogen and oxygen atoms in total. The summed E-state index contributed by atoms with van der Waals surface area (Å²) in [7, 11) is 1.51. The fourth-order valence-electron chi connectivity index (χ4n) is 3.58. The van der Waals surface area contributed by atoms with Gasteiger partial charge in [0.05, 0.1) is 25.8 Å². The summed E-state index contributed by atoms with van der Waals surface area (Å²) in [6, 6.07) is 9.80. The first-order valence-corrected chi connectivity index (χ1v) is 9.59. The number of anilines is 1. The number of methoxy groups -OCH3 is 1. The van der Waals surface area contributed by atoms with Crippen LogP contribution in [0.3, 0.4) is 0 Å². The largest absolute Gasteiger partial charge is 0.507 e. The molecule has 0 aromatic heterocycles. The van der Waals surface area contributed by atoms with E-state index in [1.165, 1.54) is 18.1 Å². The van der Waals surface area contributed by atoms with Crippen LogP contribution in [-0.2, 0) is 16.1 Å². The van der Waals surface area contributed by atoms with Crippen molar-refractivity contribution in [1.82, 2.24) is 0 Å². The fourth-order valence-corrected chi connectivity index (χ4v) is 3.58. The lowest BCUT2D eigenvalue weighted by Crippen LogP contribution is -2.30. The minimum absolute atomic E-state index is 0.112. The van der Waals surface area contributed by atoms with E-state index in [-0.39, 0.29) is 47.7 Å². The molecular formula is C23H22FNO4. The Morgan fingerprint density at radius 1 is 1.24 bits per heavy atom. The van der Waals surface area contributed by atoms with Crippen LogP contribution in [0.15, 0.2) is 42.0 Å². The maximum Gasteiger partial charge on any atom is 0.232 e. The second kappa shape index (κ2) is 7.35. The zero-order valence-electron chi connectivity index (χ0n) is 16.4. The van der Waals surface area contributed by atoms with Crippen LogP contribution in [0.25, 0.3) is 5.76 Å². The van der Waals surface area contributed by atoms with Crippen LogP contribution in [0, 0.1) is 18.7 Å². The molecule has 0 unspecified atom stereocenters. The number of aliphatic hydroxyl groups is 1. The fraction of sp³-hybridized carbons (Fsp3) is 0.304. The Labute approximate surface area is 168 Å². The number of ketones is 1. The van der Waals surface area contributed by atoms with Crippen LogP contribution in [0.1, 0.15) is 36.0 Å². The van der Waals surface area contributed by atoms with Gasteiger partial charge in [-0.15, -0.1) is 0 Å². The summed E-state index contributed by atoms with van der Waals surface area (Å²) in [5.41, 5.74) is 2.13. The van der Waals surface area contributed by atoms with Crippen molar-refractivity contribution in [2.24, 2.45) is 5.92 Å². The first-order chi connectivity index (χ1) is 13.9. The number of aliphatic hydroxyl groups excluding tert-OH is 1. The van der Waals surface area contributed by atoms with Gasteiger partial charge in [-0.2, -0.15) is 0 Å². The monoisotopic (exact) mass is 395 g/mol. The summed E-state index contributed by atoms with van der Waals surface area (Å²) in [6.45, 7) is 1.79. The topological polar surface area (TPSA) is 66.8 Å². The van der Waals surface area contributed by atoms with Gasteiger partial charge in [0, 0.05) is 23.1 Å². The second-order valence-corrected chi connectivity index (χ2v) is 7.59. The number of carbonyl (C=O) groups excluding carboxylic acids is 2. The third-order valence-electron chi connectivity index (χ3n) is 5.49. The summed E-state index contributed by atoms with van der Waals surface area (Å²) in [6.07, 6.45) is 1.38. The number of benzene rings is 2. The summed E-state index contributed by atoms with van der Waals surface area (Å²) >= 11 is 0. The molecule has 1 amide bonds. The Bertz CT molecular complexity index is 1040. The number of amides is 1. The normalized spacial score (nSPS) is 16.5. The minimum Gasteiger partial charge on any atom is -0.507 e. The van der Waals surface area contributed by atoms with Gasteiger partial charge in [-0.05, 0) is 49.1 Å². The van der Waals surface area contributed by atoms with E-state index in [0.717, 1.165) is 12.8 Å². The Balaban J connectivity index is 1.79. The molecule has 0 saturated heterocycles. The Morgan fingerprint density at radius 2 is 2.00 bits per heavy atom. The van der Waals surface area contributed by atoms with Crippen molar-refractivity contribution in [3.8, 4) is 5.75 Å². The molecule has 150 valence electrons. The Hall–Kier alpha value is -3.15. The predicted molar refractivity (Wildman–Crippen MR) is 107 cm³/mol. The molecule has 2 aromatic rings. The van der Waals surface area contributed by atoms with Gasteiger partial charge in [0.2, 0.25) is 5.91 Å². The SMILES string of the molecule is COc1ccc2c(c1)N(Cc1ccc(C)c(F)c1)C(=O)CC(C(=O)C1CC1)=C2O. The standard InChI is InChI=1S/C23H22FNO4/c1-13-3-4-14(9-19(13)24)12-25-20-10-16(29-2)7-8-17(20)23(28)18(11-21(25)26)22(27)15-5-6-15/h3-4,7-10,15,28H,5-6,11-12H2,1-2H3. The van der Waals surface area contributed by atoms with Gasteiger partial charge >= 0.3 is 0 Å². The molecule has 0 atom stereocenters. The van der Waals surface area contributed by atoms with Crippen molar-refractivity contribution in [3.63, 3.8) is 0 Å². The summed E-state index contributed by atoms with van der Waals surface area (Å²) in [5.74, 6) is -0.595. The van der Waals surface area contributed by atoms with Gasteiger partial charge in [-0.1, -0.05) is 12.1 Å². The van der Waals surface area contributed by atoms with E-state index in [1.807, 2.05) is 0 Å². The van der Waals surface area contributed by atoms with Gasteiger partial charge < -0.3 is 14.7 Å². The highest BCUT2D eigenvalue weighted by molar-refractivity contribution is 6.12. The average Bonchev–Trinajstić information content (AvgIpc) is 3.56. The molecular weight excluding hydrogens is 373 g/mol. The van der Waals surface area contributed by atoms with Crippen molar-refractivity contribution < 1.29 is 23.8 Å². The average molecular weight is 395 g/mol. The molecule has 4 rings (SSSR count). The van der Waals surface area contributed by atoms with E-state index in [1.54, 1.807) is 37.3 Å². The minimum atomic E-state index is -0.346. The van der Waals surface area contributed by atoms with Gasteiger partial charge in [-0.3, -0.25) is 9.59 Å². The Morgan fingerprint density at radius 3 is 2.66 bits per heavy atom. The van der Waals surface area contributed by atoms with Crippen LogP contribution >= 0.6 is 0 Å². The molecule has 1 aliphatic carbocycles. The van der Waals surface area contributed by atoms with Crippen LogP contribution in [0.4, 0.5) is 10.1 Å². The maximum atomic E-state index is 14.0. The third kappa shape index (κ3) is 3.62. The molecule has 1 aliphatic heterocycles. The zero-order valence-corrected chi connectivity index (χ0v) is 16.4. The van der Waals surface area contributed by atoms with E-state index >= 15 is 0 Å². The van der Waals surface area contributed by atoms with E-state index < -0.39 is 0 Å². The van der Waals surface area contributed by atoms with Crippen molar-refractivity contribution >= 4 is 23.1 Å². The van der Waals surface area contributed by atoms with E-state index in [2.05, 4.69) is 0 Å². The number of hydrogen-bond donors (Lipinski definition) is 1. The first kappa shape index (κ1) is 19.2. The van der Waals surface area contributed by atoms with Crippen LogP contribution < -0.4 is 9.64 Å². The van der Waals surface area contributed by atoms with Crippen LogP contribution in [-0.4, -0.2) is 23.9 Å². The molecule has 29 heavy (non-hydrogen) atoms. The van der Waals surface area contributed by atoms with Crippen molar-refractivity contribution in [2.75, 3.05) is 12.0 Å². The van der Waals surface area contributed by atoms with Gasteiger partial charge in [0.25, 0.3) is 0 Å². The highest BCUT2D eigenvalue weighted by Gasteiger charge is 2.37. The number of fused-ring (bicyclic) bond motifs is 1. The number of aryl methyl sites for hydroxylation is 1. The molecule has 6 heteroatoms. The maximum absolute atomic E-state index is 14.0. The van der Waals surface area contributed by atoms with Gasteiger partial charge in [-0.25, -0.2) is 4.39 Å². The lowest BCUT2D eigenvalue weighted by Gasteiger charge is -2.24. The zero-order chi connectivity index (χ0) is 20.7. The van der Waals surface area contributed by atoms with Gasteiger partial charge in [0.1, 0.15) is 17.3 Å². The molecule has 2 aliphatic rings. The highest BCUT2D eigenvalue weighted by atomic mass is 19.1. The third-order valence-corrected chi connectivity index (χ3v) is 5.49. The second-order valence-electron chi connectivity index (χ2n) is 7.59. The first-order valence-electron chi connectivity index (χ1n) is 9.59. The summed E-state index contributed by atoms with van der Waals surface area (Å²) < 4.78 is 19.3. The van der Waals surface area contributed by atoms with E-state index in [9.17, 15) is 19.1 Å². The van der Waals surface area contributed by atoms with Gasteiger partial charge in [0.15, 0.2) is 5.78 Å². The molecule has 0 bridgehead atoms. The molecule has 0 radical (unpaired) electrons. The number of carbonyl (C=O) groups is 2. The summed E-state index contributed by atoms with van der Waals surface area (Å²) in [5, 5.41) is 10.9. The molecule has 1 heterocycles. The molecule has 1 fully saturated rings. The van der Waals surface area contributed by atoms with E-state index in [4.69, 9.17) is 4.74 Å². The molecule has 1 saturated carbocycles. The quantitative estimate of drug-likeness (QED) is 0.818. The van der Waals surface area contributed by atoms with Crippen LogP contribution in [0.5, 0.6) is 5.75 Å². The number of nitrogens with zero attached hydrogens (tertiary/aromatic N) is 1. The Kier molecular flexibility index (Phi) is 4.86. The van der Waals surface area contributed by atoms with Crippen molar-refractivity contribution in [2.45, 2.75) is 32.7 Å². The smallest absolute Gasteiger partial charge is 0.232 e. The van der Waals surface area contributed by atoms with Crippen LogP contribution in [0.2, 0.25) is 0 Å². The van der Waals surface area contributed by atoms with E-state index in [0.29, 0.717) is 28.1 Å². The number of rotatable bonds is 5. The number of halogens is 1. The molecule has 1 N–H and O–H groups in total. The lowest BCUT2D eigenvalue weighted by molar-refractivity contribution is -0.121. The highest BCUT2D eigenvalue weighted by Crippen LogP contribution is 2.40. The predicted octanol–water partition coefficient (Wildman–Crippen LogP) is 4.33. The van der Waals surface area contributed by atoms with Crippen molar-refractivity contribution in [3.05, 3.63) is 64.5 Å². The summed E-state index contributed by atoms with van der Waals surface area (Å²) in [4.78, 5) is 27.3. The van der Waals surface area contributed by atoms with Crippen molar-refractivity contribution in [1.29, 1.82) is 0 Å². The molecule has 0 spiro atoms. The number of hydrogen-bond acceptors (Lipinski definition) is 4. The lowest BCUT2D eigenvalue weighted by atomic mass is 9.99. The number of ether oxygens (including phenoxy) is 1. The molecule has 2 aromatic carbocycles.